The van der Waals surface area contributed by atoms with Crippen molar-refractivity contribution in [1.29, 1.82) is 0 Å². The lowest BCUT2D eigenvalue weighted by Gasteiger charge is -2.21. The number of para-hydroxylation sites is 2. The molecule has 0 unspecified atom stereocenters. The maximum Gasteiger partial charge on any atom is 0.278 e. The summed E-state index contributed by atoms with van der Waals surface area (Å²) in [5.74, 6) is 2.09. The summed E-state index contributed by atoms with van der Waals surface area (Å²) in [4.78, 5) is 26.7. The van der Waals surface area contributed by atoms with Crippen molar-refractivity contribution in [2.75, 3.05) is 26.6 Å². The molecule has 36 heavy (non-hydrogen) atoms. The van der Waals surface area contributed by atoms with E-state index in [0.717, 1.165) is 5.56 Å². The first kappa shape index (κ1) is 23.1. The molecule has 9 heteroatoms. The van der Waals surface area contributed by atoms with Crippen molar-refractivity contribution >= 4 is 11.6 Å². The first-order valence-electron chi connectivity index (χ1n) is 11.3. The Kier molecular flexibility index (Phi) is 6.12. The number of rotatable bonds is 7. The second-order valence-corrected chi connectivity index (χ2v) is 8.14. The van der Waals surface area contributed by atoms with Gasteiger partial charge in [-0.15, -0.1) is 0 Å². The number of benzene rings is 3. The largest absolute Gasteiger partial charge is 0.493 e. The quantitative estimate of drug-likeness (QED) is 0.373. The number of fused-ring (bicyclic) bond motifs is 2. The fraction of sp³-hybridized carbons (Fsp3) is 0.185. The zero-order valence-electron chi connectivity index (χ0n) is 20.1. The van der Waals surface area contributed by atoms with Crippen LogP contribution in [-0.4, -0.2) is 36.6 Å². The lowest BCUT2D eigenvalue weighted by atomic mass is 10.0. The lowest BCUT2D eigenvalue weighted by molar-refractivity contribution is -0.117. The van der Waals surface area contributed by atoms with Gasteiger partial charge in [0, 0.05) is 23.7 Å². The number of carbonyl (C=O) groups excluding carboxylic acids is 1. The van der Waals surface area contributed by atoms with Crippen molar-refractivity contribution in [3.05, 3.63) is 88.2 Å². The SMILES string of the molecule is COc1ccc(NC(=O)Cn2c3c(c(=O)n2-c2ccccc2)Cc2cccc(OC)c2O3)cc1OC. The Labute approximate surface area is 207 Å². The predicted octanol–water partition coefficient (Wildman–Crippen LogP) is 4.00. The van der Waals surface area contributed by atoms with Crippen LogP contribution in [0.1, 0.15) is 11.1 Å². The second-order valence-electron chi connectivity index (χ2n) is 8.14. The van der Waals surface area contributed by atoms with Crippen molar-refractivity contribution in [3.8, 4) is 34.6 Å². The molecule has 184 valence electrons. The van der Waals surface area contributed by atoms with Crippen molar-refractivity contribution < 1.29 is 23.7 Å². The van der Waals surface area contributed by atoms with Crippen LogP contribution in [0.2, 0.25) is 0 Å². The molecular formula is C27H25N3O6. The molecular weight excluding hydrogens is 462 g/mol. The second kappa shape index (κ2) is 9.53. The third kappa shape index (κ3) is 4.04. The van der Waals surface area contributed by atoms with E-state index in [1.807, 2.05) is 42.5 Å². The molecule has 0 fully saturated rings. The van der Waals surface area contributed by atoms with Crippen LogP contribution >= 0.6 is 0 Å². The van der Waals surface area contributed by atoms with Gasteiger partial charge >= 0.3 is 0 Å². The van der Waals surface area contributed by atoms with Crippen LogP contribution in [-0.2, 0) is 17.8 Å². The molecule has 2 heterocycles. The maximum absolute atomic E-state index is 13.6. The van der Waals surface area contributed by atoms with E-state index in [0.29, 0.717) is 52.2 Å². The summed E-state index contributed by atoms with van der Waals surface area (Å²) in [5.41, 5.74) is 2.21. The first-order chi connectivity index (χ1) is 17.5. The Hall–Kier alpha value is -4.66. The Morgan fingerprint density at radius 3 is 2.39 bits per heavy atom. The normalized spacial score (nSPS) is 11.6. The topological polar surface area (TPSA) is 93.0 Å². The van der Waals surface area contributed by atoms with Crippen molar-refractivity contribution in [1.82, 2.24) is 9.36 Å². The summed E-state index contributed by atoms with van der Waals surface area (Å²) in [6, 6.07) is 19.8. The van der Waals surface area contributed by atoms with Gasteiger partial charge in [-0.25, -0.2) is 9.36 Å². The van der Waals surface area contributed by atoms with E-state index in [1.165, 1.54) is 11.8 Å². The van der Waals surface area contributed by atoms with E-state index in [4.69, 9.17) is 18.9 Å². The molecule has 0 atom stereocenters. The number of ether oxygens (including phenoxy) is 4. The van der Waals surface area contributed by atoms with Gasteiger partial charge in [0.05, 0.1) is 32.6 Å². The van der Waals surface area contributed by atoms with Gasteiger partial charge < -0.3 is 24.3 Å². The first-order valence-corrected chi connectivity index (χ1v) is 11.3. The van der Waals surface area contributed by atoms with Crippen LogP contribution in [0.5, 0.6) is 28.9 Å². The summed E-state index contributed by atoms with van der Waals surface area (Å²) in [7, 11) is 4.63. The number of aromatic nitrogens is 2. The smallest absolute Gasteiger partial charge is 0.278 e. The van der Waals surface area contributed by atoms with Crippen LogP contribution in [0.4, 0.5) is 5.69 Å². The number of carbonyl (C=O) groups is 1. The number of nitrogens with one attached hydrogen (secondary N) is 1. The Morgan fingerprint density at radius 2 is 1.67 bits per heavy atom. The number of hydrogen-bond acceptors (Lipinski definition) is 6. The number of hydrogen-bond donors (Lipinski definition) is 1. The van der Waals surface area contributed by atoms with Gasteiger partial charge in [-0.3, -0.25) is 9.59 Å². The number of anilines is 1. The van der Waals surface area contributed by atoms with Gasteiger partial charge in [0.2, 0.25) is 11.8 Å². The Morgan fingerprint density at radius 1 is 0.917 bits per heavy atom. The summed E-state index contributed by atoms with van der Waals surface area (Å²) in [6.45, 7) is -0.168. The third-order valence-corrected chi connectivity index (χ3v) is 5.99. The molecule has 0 bridgehead atoms. The molecule has 0 saturated carbocycles. The van der Waals surface area contributed by atoms with Gasteiger partial charge in [0.15, 0.2) is 23.0 Å². The molecule has 4 aromatic rings. The predicted molar refractivity (Wildman–Crippen MR) is 134 cm³/mol. The van der Waals surface area contributed by atoms with E-state index in [-0.39, 0.29) is 18.0 Å². The number of methoxy groups -OCH3 is 3. The molecule has 0 radical (unpaired) electrons. The van der Waals surface area contributed by atoms with Crippen LogP contribution in [0.25, 0.3) is 5.69 Å². The van der Waals surface area contributed by atoms with Crippen LogP contribution in [0, 0.1) is 0 Å². The molecule has 1 aromatic heterocycles. The maximum atomic E-state index is 13.6. The highest BCUT2D eigenvalue weighted by atomic mass is 16.5. The number of nitrogens with zero attached hydrogens (tertiary/aromatic N) is 2. The van der Waals surface area contributed by atoms with E-state index in [1.54, 1.807) is 43.2 Å². The van der Waals surface area contributed by atoms with Gasteiger partial charge in [0.1, 0.15) is 6.54 Å². The minimum atomic E-state index is -0.348. The molecule has 1 amide bonds. The average molecular weight is 488 g/mol. The molecule has 1 aliphatic rings. The highest BCUT2D eigenvalue weighted by Crippen LogP contribution is 2.41. The number of amides is 1. The van der Waals surface area contributed by atoms with Crippen molar-refractivity contribution in [2.45, 2.75) is 13.0 Å². The summed E-state index contributed by atoms with van der Waals surface area (Å²) in [5, 5.41) is 2.86. The van der Waals surface area contributed by atoms with Crippen LogP contribution in [0.3, 0.4) is 0 Å². The van der Waals surface area contributed by atoms with E-state index in [2.05, 4.69) is 5.32 Å². The van der Waals surface area contributed by atoms with Crippen LogP contribution < -0.4 is 29.8 Å². The van der Waals surface area contributed by atoms with Crippen LogP contribution in [0.15, 0.2) is 71.5 Å². The van der Waals surface area contributed by atoms with E-state index < -0.39 is 0 Å². The van der Waals surface area contributed by atoms with E-state index >= 15 is 0 Å². The standard InChI is InChI=1S/C27H25N3O6/c1-33-21-13-12-18(15-23(21)35-3)28-24(31)16-29-27-20(26(32)30(29)19-9-5-4-6-10-19)14-17-8-7-11-22(34-2)25(17)36-27/h4-13,15H,14,16H2,1-3H3,(H,28,31). The summed E-state index contributed by atoms with van der Waals surface area (Å²) < 4.78 is 25.3. The zero-order valence-corrected chi connectivity index (χ0v) is 20.1. The minimum Gasteiger partial charge on any atom is -0.493 e. The fourth-order valence-electron chi connectivity index (χ4n) is 4.32. The molecule has 0 spiro atoms. The molecule has 3 aromatic carbocycles. The molecule has 0 aliphatic carbocycles. The summed E-state index contributed by atoms with van der Waals surface area (Å²) >= 11 is 0. The average Bonchev–Trinajstić information content (AvgIpc) is 3.17. The molecule has 1 N–H and O–H groups in total. The lowest BCUT2D eigenvalue weighted by Crippen LogP contribution is -2.27. The molecule has 0 saturated heterocycles. The van der Waals surface area contributed by atoms with Crippen molar-refractivity contribution in [3.63, 3.8) is 0 Å². The van der Waals surface area contributed by atoms with E-state index in [9.17, 15) is 9.59 Å². The minimum absolute atomic E-state index is 0.168. The molecule has 5 rings (SSSR count). The Balaban J connectivity index is 1.55. The summed E-state index contributed by atoms with van der Waals surface area (Å²) in [6.07, 6.45) is 0.359. The van der Waals surface area contributed by atoms with Crippen molar-refractivity contribution in [2.24, 2.45) is 0 Å². The Bertz CT molecular complexity index is 1490. The third-order valence-electron chi connectivity index (χ3n) is 5.99. The molecule has 1 aliphatic heterocycles. The van der Waals surface area contributed by atoms with Gasteiger partial charge in [-0.2, -0.15) is 0 Å². The van der Waals surface area contributed by atoms with Gasteiger partial charge in [0.25, 0.3) is 5.56 Å². The molecule has 9 nitrogen and oxygen atoms in total. The van der Waals surface area contributed by atoms with Gasteiger partial charge in [-0.05, 0) is 30.3 Å². The zero-order chi connectivity index (χ0) is 25.2. The van der Waals surface area contributed by atoms with Gasteiger partial charge in [-0.1, -0.05) is 30.3 Å². The monoisotopic (exact) mass is 487 g/mol. The highest BCUT2D eigenvalue weighted by Gasteiger charge is 2.30. The fourth-order valence-corrected chi connectivity index (χ4v) is 4.32. The highest BCUT2D eigenvalue weighted by molar-refractivity contribution is 5.91.